The van der Waals surface area contributed by atoms with Gasteiger partial charge in [-0.05, 0) is 12.0 Å². The topological polar surface area (TPSA) is 26.3 Å². The summed E-state index contributed by atoms with van der Waals surface area (Å²) in [6.07, 6.45) is 8.85. The van der Waals surface area contributed by atoms with Gasteiger partial charge in [-0.3, -0.25) is 0 Å². The SMILES string of the molecule is CCCCOC(=O)C=CC=Cc1ccccc1. The van der Waals surface area contributed by atoms with Crippen molar-refractivity contribution in [1.82, 2.24) is 0 Å². The second-order valence-electron chi connectivity index (χ2n) is 3.65. The van der Waals surface area contributed by atoms with Gasteiger partial charge in [0, 0.05) is 6.08 Å². The van der Waals surface area contributed by atoms with Gasteiger partial charge in [0.15, 0.2) is 0 Å². The number of hydrogen-bond donors (Lipinski definition) is 0. The predicted octanol–water partition coefficient (Wildman–Crippen LogP) is 3.60. The first kappa shape index (κ1) is 13.2. The highest BCUT2D eigenvalue weighted by Crippen LogP contribution is 2.00. The summed E-state index contributed by atoms with van der Waals surface area (Å²) in [5.74, 6) is -0.281. The standard InChI is InChI=1S/C15H18O2/c1-2-3-13-17-15(16)12-8-7-11-14-9-5-4-6-10-14/h4-12H,2-3,13H2,1H3. The lowest BCUT2D eigenvalue weighted by Gasteiger charge is -1.98. The van der Waals surface area contributed by atoms with Crippen LogP contribution in [0.25, 0.3) is 6.08 Å². The molecule has 2 heteroatoms. The Morgan fingerprint density at radius 2 is 2.00 bits per heavy atom. The Bertz CT molecular complexity index is 377. The Morgan fingerprint density at radius 3 is 2.71 bits per heavy atom. The molecule has 2 nitrogen and oxygen atoms in total. The molecule has 0 saturated carbocycles. The second-order valence-corrected chi connectivity index (χ2v) is 3.65. The van der Waals surface area contributed by atoms with Gasteiger partial charge in [0.1, 0.15) is 0 Å². The van der Waals surface area contributed by atoms with Crippen LogP contribution in [-0.2, 0) is 9.53 Å². The van der Waals surface area contributed by atoms with E-state index in [0.29, 0.717) is 6.61 Å². The van der Waals surface area contributed by atoms with E-state index in [1.165, 1.54) is 6.08 Å². The van der Waals surface area contributed by atoms with Crippen molar-refractivity contribution in [3.05, 3.63) is 54.1 Å². The summed E-state index contributed by atoms with van der Waals surface area (Å²) >= 11 is 0. The summed E-state index contributed by atoms with van der Waals surface area (Å²) in [4.78, 5) is 11.2. The molecule has 0 saturated heterocycles. The lowest BCUT2D eigenvalue weighted by Crippen LogP contribution is -2.01. The van der Waals surface area contributed by atoms with E-state index in [2.05, 4.69) is 6.92 Å². The number of allylic oxidation sites excluding steroid dienone is 2. The number of hydrogen-bond acceptors (Lipinski definition) is 2. The summed E-state index contributed by atoms with van der Waals surface area (Å²) < 4.78 is 4.98. The van der Waals surface area contributed by atoms with Gasteiger partial charge in [0.2, 0.25) is 0 Å². The average molecular weight is 230 g/mol. The van der Waals surface area contributed by atoms with Gasteiger partial charge in [-0.25, -0.2) is 4.79 Å². The Balaban J connectivity index is 2.30. The van der Waals surface area contributed by atoms with Crippen molar-refractivity contribution in [2.45, 2.75) is 19.8 Å². The van der Waals surface area contributed by atoms with E-state index in [-0.39, 0.29) is 5.97 Å². The largest absolute Gasteiger partial charge is 0.463 e. The normalized spacial score (nSPS) is 11.1. The van der Waals surface area contributed by atoms with Crippen LogP contribution in [0, 0.1) is 0 Å². The van der Waals surface area contributed by atoms with Gasteiger partial charge in [0.25, 0.3) is 0 Å². The van der Waals surface area contributed by atoms with Crippen LogP contribution in [-0.4, -0.2) is 12.6 Å². The highest BCUT2D eigenvalue weighted by Gasteiger charge is 1.93. The van der Waals surface area contributed by atoms with Crippen LogP contribution in [0.3, 0.4) is 0 Å². The van der Waals surface area contributed by atoms with Crippen molar-refractivity contribution in [1.29, 1.82) is 0 Å². The third-order valence-electron chi connectivity index (χ3n) is 2.17. The lowest BCUT2D eigenvalue weighted by molar-refractivity contribution is -0.137. The minimum Gasteiger partial charge on any atom is -0.463 e. The van der Waals surface area contributed by atoms with Gasteiger partial charge in [-0.2, -0.15) is 0 Å². The molecular weight excluding hydrogens is 212 g/mol. The maximum Gasteiger partial charge on any atom is 0.330 e. The zero-order valence-electron chi connectivity index (χ0n) is 10.1. The fourth-order valence-electron chi connectivity index (χ4n) is 1.23. The van der Waals surface area contributed by atoms with E-state index in [4.69, 9.17) is 4.74 Å². The number of benzene rings is 1. The van der Waals surface area contributed by atoms with Crippen molar-refractivity contribution in [3.8, 4) is 0 Å². The van der Waals surface area contributed by atoms with Crippen molar-refractivity contribution < 1.29 is 9.53 Å². The first-order valence-electron chi connectivity index (χ1n) is 5.89. The third-order valence-corrected chi connectivity index (χ3v) is 2.17. The fourth-order valence-corrected chi connectivity index (χ4v) is 1.23. The molecule has 0 radical (unpaired) electrons. The van der Waals surface area contributed by atoms with Crippen LogP contribution in [0.4, 0.5) is 0 Å². The highest BCUT2D eigenvalue weighted by molar-refractivity contribution is 5.82. The van der Waals surface area contributed by atoms with Gasteiger partial charge < -0.3 is 4.74 Å². The number of unbranched alkanes of at least 4 members (excludes halogenated alkanes) is 1. The van der Waals surface area contributed by atoms with Gasteiger partial charge in [-0.15, -0.1) is 0 Å². The minimum absolute atomic E-state index is 0.281. The molecule has 0 unspecified atom stereocenters. The van der Waals surface area contributed by atoms with Crippen LogP contribution >= 0.6 is 0 Å². The Labute approximate surface area is 103 Å². The molecule has 0 bridgehead atoms. The average Bonchev–Trinajstić information content (AvgIpc) is 2.36. The minimum atomic E-state index is -0.281. The van der Waals surface area contributed by atoms with Crippen LogP contribution in [0.5, 0.6) is 0 Å². The highest BCUT2D eigenvalue weighted by atomic mass is 16.5. The molecule has 0 aromatic heterocycles. The van der Waals surface area contributed by atoms with E-state index < -0.39 is 0 Å². The number of ether oxygens (including phenoxy) is 1. The maximum absolute atomic E-state index is 11.2. The second kappa shape index (κ2) is 8.34. The van der Waals surface area contributed by atoms with E-state index in [0.717, 1.165) is 18.4 Å². The predicted molar refractivity (Wildman–Crippen MR) is 70.5 cm³/mol. The number of carbonyl (C=O) groups excluding carboxylic acids is 1. The van der Waals surface area contributed by atoms with Crippen LogP contribution in [0.1, 0.15) is 25.3 Å². The van der Waals surface area contributed by atoms with Gasteiger partial charge >= 0.3 is 5.97 Å². The first-order valence-corrected chi connectivity index (χ1v) is 5.89. The molecule has 0 amide bonds. The molecule has 0 aliphatic carbocycles. The first-order chi connectivity index (χ1) is 8.33. The van der Waals surface area contributed by atoms with Crippen molar-refractivity contribution in [2.75, 3.05) is 6.61 Å². The third kappa shape index (κ3) is 6.36. The quantitative estimate of drug-likeness (QED) is 0.323. The molecule has 17 heavy (non-hydrogen) atoms. The zero-order valence-corrected chi connectivity index (χ0v) is 10.1. The molecule has 0 atom stereocenters. The molecule has 0 aliphatic rings. The summed E-state index contributed by atoms with van der Waals surface area (Å²) in [5.41, 5.74) is 1.11. The van der Waals surface area contributed by atoms with E-state index in [1.54, 1.807) is 6.08 Å². The maximum atomic E-state index is 11.2. The monoisotopic (exact) mass is 230 g/mol. The van der Waals surface area contributed by atoms with Crippen LogP contribution < -0.4 is 0 Å². The summed E-state index contributed by atoms with van der Waals surface area (Å²) in [6.45, 7) is 2.56. The Hall–Kier alpha value is -1.83. The molecule has 1 rings (SSSR count). The Kier molecular flexibility index (Phi) is 6.49. The molecule has 1 aromatic rings. The fraction of sp³-hybridized carbons (Fsp3) is 0.267. The number of esters is 1. The lowest BCUT2D eigenvalue weighted by atomic mass is 10.2. The van der Waals surface area contributed by atoms with Gasteiger partial charge in [0.05, 0.1) is 6.61 Å². The van der Waals surface area contributed by atoms with Crippen molar-refractivity contribution in [2.24, 2.45) is 0 Å². The molecule has 0 aliphatic heterocycles. The molecule has 0 N–H and O–H groups in total. The number of rotatable bonds is 6. The van der Waals surface area contributed by atoms with Crippen LogP contribution in [0.15, 0.2) is 48.6 Å². The van der Waals surface area contributed by atoms with Crippen molar-refractivity contribution in [3.63, 3.8) is 0 Å². The molecule has 90 valence electrons. The van der Waals surface area contributed by atoms with Crippen molar-refractivity contribution >= 4 is 12.0 Å². The summed E-state index contributed by atoms with van der Waals surface area (Å²) in [5, 5.41) is 0. The summed E-state index contributed by atoms with van der Waals surface area (Å²) in [6, 6.07) is 9.93. The smallest absolute Gasteiger partial charge is 0.330 e. The van der Waals surface area contributed by atoms with Gasteiger partial charge in [-0.1, -0.05) is 61.9 Å². The molecule has 0 spiro atoms. The van der Waals surface area contributed by atoms with E-state index in [1.807, 2.05) is 42.5 Å². The molecule has 1 aromatic carbocycles. The number of carbonyl (C=O) groups is 1. The molecular formula is C15H18O2. The van der Waals surface area contributed by atoms with E-state index in [9.17, 15) is 4.79 Å². The van der Waals surface area contributed by atoms with E-state index >= 15 is 0 Å². The summed E-state index contributed by atoms with van der Waals surface area (Å²) in [7, 11) is 0. The zero-order chi connectivity index (χ0) is 12.3. The Morgan fingerprint density at radius 1 is 1.24 bits per heavy atom. The molecule has 0 heterocycles. The molecule has 0 fully saturated rings. The van der Waals surface area contributed by atoms with Crippen LogP contribution in [0.2, 0.25) is 0 Å².